The number of thioether (sulfide) groups is 1. The van der Waals surface area contributed by atoms with Crippen LogP contribution in [-0.4, -0.2) is 17.8 Å². The van der Waals surface area contributed by atoms with E-state index in [0.29, 0.717) is 28.8 Å². The summed E-state index contributed by atoms with van der Waals surface area (Å²) in [6, 6.07) is 15.2. The average molecular weight is 384 g/mol. The normalized spacial score (nSPS) is 12.3. The summed E-state index contributed by atoms with van der Waals surface area (Å²) in [5, 5.41) is 4.42. The Bertz CT molecular complexity index is 932. The summed E-state index contributed by atoms with van der Waals surface area (Å²) in [6.45, 7) is 8.68. The predicted octanol–water partition coefficient (Wildman–Crippen LogP) is 5.82. The second-order valence-electron chi connectivity index (χ2n) is 6.61. The van der Waals surface area contributed by atoms with Crippen LogP contribution in [-0.2, 0) is 0 Å². The molecule has 0 saturated carbocycles. The molecule has 5 heteroatoms. The average Bonchev–Trinajstić information content (AvgIpc) is 3.07. The molecule has 1 aromatic heterocycles. The molecule has 0 spiro atoms. The second kappa shape index (κ2) is 8.53. The summed E-state index contributed by atoms with van der Waals surface area (Å²) in [5.74, 6) is 1.33. The molecule has 142 valence electrons. The SMILES string of the molecule is CCOc1cccc2cc(C(C)NC(=O)c3ccccc3SC(C)C)oc12. The van der Waals surface area contributed by atoms with Crippen molar-refractivity contribution in [3.05, 3.63) is 59.9 Å². The third-order valence-electron chi connectivity index (χ3n) is 4.10. The largest absolute Gasteiger partial charge is 0.490 e. The number of fused-ring (bicyclic) bond motifs is 1. The van der Waals surface area contributed by atoms with Gasteiger partial charge in [-0.1, -0.05) is 38.1 Å². The van der Waals surface area contributed by atoms with E-state index in [4.69, 9.17) is 9.15 Å². The molecule has 1 amide bonds. The van der Waals surface area contributed by atoms with Crippen molar-refractivity contribution in [2.75, 3.05) is 6.61 Å². The minimum atomic E-state index is -0.253. The number of hydrogen-bond acceptors (Lipinski definition) is 4. The van der Waals surface area contributed by atoms with Crippen molar-refractivity contribution in [2.45, 2.75) is 43.9 Å². The van der Waals surface area contributed by atoms with Gasteiger partial charge >= 0.3 is 0 Å². The number of rotatable bonds is 7. The van der Waals surface area contributed by atoms with Crippen LogP contribution in [0, 0.1) is 0 Å². The number of hydrogen-bond donors (Lipinski definition) is 1. The number of nitrogens with one attached hydrogen (secondary N) is 1. The number of carbonyl (C=O) groups excluding carboxylic acids is 1. The van der Waals surface area contributed by atoms with Crippen LogP contribution in [0.2, 0.25) is 0 Å². The Morgan fingerprint density at radius 2 is 1.93 bits per heavy atom. The summed E-state index contributed by atoms with van der Waals surface area (Å²) in [7, 11) is 0. The van der Waals surface area contributed by atoms with E-state index in [-0.39, 0.29) is 11.9 Å². The van der Waals surface area contributed by atoms with Crippen molar-refractivity contribution in [3.8, 4) is 5.75 Å². The molecule has 1 atom stereocenters. The van der Waals surface area contributed by atoms with E-state index < -0.39 is 0 Å². The van der Waals surface area contributed by atoms with Gasteiger partial charge in [-0.15, -0.1) is 11.8 Å². The maximum absolute atomic E-state index is 12.8. The molecule has 27 heavy (non-hydrogen) atoms. The van der Waals surface area contributed by atoms with Gasteiger partial charge in [0, 0.05) is 15.5 Å². The lowest BCUT2D eigenvalue weighted by atomic mass is 10.1. The number of para-hydroxylation sites is 1. The minimum Gasteiger partial charge on any atom is -0.490 e. The molecule has 0 fully saturated rings. The van der Waals surface area contributed by atoms with Crippen LogP contribution in [0.25, 0.3) is 11.0 Å². The molecule has 0 aliphatic heterocycles. The monoisotopic (exact) mass is 383 g/mol. The molecular weight excluding hydrogens is 358 g/mol. The molecule has 0 radical (unpaired) electrons. The number of amides is 1. The molecule has 1 unspecified atom stereocenters. The zero-order valence-corrected chi connectivity index (χ0v) is 16.9. The zero-order valence-electron chi connectivity index (χ0n) is 16.1. The van der Waals surface area contributed by atoms with Crippen molar-refractivity contribution in [2.24, 2.45) is 0 Å². The van der Waals surface area contributed by atoms with Crippen LogP contribution in [0.1, 0.15) is 49.9 Å². The third kappa shape index (κ3) is 4.48. The van der Waals surface area contributed by atoms with Gasteiger partial charge in [0.1, 0.15) is 5.76 Å². The summed E-state index contributed by atoms with van der Waals surface area (Å²) in [5.41, 5.74) is 1.40. The molecule has 1 heterocycles. The van der Waals surface area contributed by atoms with Crippen LogP contribution in [0.4, 0.5) is 0 Å². The Morgan fingerprint density at radius 1 is 1.15 bits per heavy atom. The van der Waals surface area contributed by atoms with Crippen molar-refractivity contribution in [1.29, 1.82) is 0 Å². The van der Waals surface area contributed by atoms with Crippen molar-refractivity contribution in [1.82, 2.24) is 5.32 Å². The Hall–Kier alpha value is -2.40. The van der Waals surface area contributed by atoms with Crippen molar-refractivity contribution >= 4 is 28.6 Å². The fourth-order valence-corrected chi connectivity index (χ4v) is 3.85. The number of ether oxygens (including phenoxy) is 1. The first kappa shape index (κ1) is 19.4. The smallest absolute Gasteiger partial charge is 0.252 e. The molecule has 0 aliphatic carbocycles. The standard InChI is InChI=1S/C22H25NO3S/c1-5-25-18-11-8-9-16-13-19(26-21(16)18)15(4)23-22(24)17-10-6-7-12-20(17)27-14(2)3/h6-15H,5H2,1-4H3,(H,23,24). The Balaban J connectivity index is 1.81. The highest BCUT2D eigenvalue weighted by Crippen LogP contribution is 2.32. The molecule has 0 aliphatic rings. The molecular formula is C22H25NO3S. The minimum absolute atomic E-state index is 0.100. The van der Waals surface area contributed by atoms with E-state index in [1.165, 1.54) is 0 Å². The van der Waals surface area contributed by atoms with Crippen LogP contribution >= 0.6 is 11.8 Å². The van der Waals surface area contributed by atoms with Crippen LogP contribution in [0.5, 0.6) is 5.75 Å². The topological polar surface area (TPSA) is 51.5 Å². The summed E-state index contributed by atoms with van der Waals surface area (Å²) in [4.78, 5) is 13.8. The van der Waals surface area contributed by atoms with Crippen LogP contribution < -0.4 is 10.1 Å². The van der Waals surface area contributed by atoms with Gasteiger partial charge in [-0.2, -0.15) is 0 Å². The molecule has 1 N–H and O–H groups in total. The third-order valence-corrected chi connectivity index (χ3v) is 5.18. The van der Waals surface area contributed by atoms with Crippen molar-refractivity contribution in [3.63, 3.8) is 0 Å². The first-order valence-corrected chi connectivity index (χ1v) is 10.1. The van der Waals surface area contributed by atoms with E-state index in [0.717, 1.165) is 16.0 Å². The lowest BCUT2D eigenvalue weighted by Crippen LogP contribution is -2.26. The zero-order chi connectivity index (χ0) is 19.4. The first-order valence-electron chi connectivity index (χ1n) is 9.21. The maximum atomic E-state index is 12.8. The van der Waals surface area contributed by atoms with E-state index in [9.17, 15) is 4.79 Å². The lowest BCUT2D eigenvalue weighted by Gasteiger charge is -2.14. The molecule has 2 aromatic carbocycles. The Labute approximate surface area is 164 Å². The molecule has 3 rings (SSSR count). The summed E-state index contributed by atoms with van der Waals surface area (Å²) in [6.07, 6.45) is 0. The molecule has 0 saturated heterocycles. The van der Waals surface area contributed by atoms with E-state index in [1.807, 2.05) is 62.4 Å². The highest BCUT2D eigenvalue weighted by atomic mass is 32.2. The number of carbonyl (C=O) groups is 1. The summed E-state index contributed by atoms with van der Waals surface area (Å²) >= 11 is 1.69. The van der Waals surface area contributed by atoms with Gasteiger partial charge in [0.15, 0.2) is 11.3 Å². The van der Waals surface area contributed by atoms with Crippen LogP contribution in [0.3, 0.4) is 0 Å². The predicted molar refractivity (Wildman–Crippen MR) is 111 cm³/mol. The first-order chi connectivity index (χ1) is 13.0. The van der Waals surface area contributed by atoms with E-state index in [2.05, 4.69) is 19.2 Å². The van der Waals surface area contributed by atoms with Gasteiger partial charge in [0.2, 0.25) is 0 Å². The van der Waals surface area contributed by atoms with E-state index >= 15 is 0 Å². The fraction of sp³-hybridized carbons (Fsp3) is 0.318. The highest BCUT2D eigenvalue weighted by molar-refractivity contribution is 8.00. The van der Waals surface area contributed by atoms with Gasteiger partial charge in [-0.3, -0.25) is 4.79 Å². The van der Waals surface area contributed by atoms with E-state index in [1.54, 1.807) is 11.8 Å². The highest BCUT2D eigenvalue weighted by Gasteiger charge is 2.19. The molecule has 0 bridgehead atoms. The fourth-order valence-electron chi connectivity index (χ4n) is 2.90. The quantitative estimate of drug-likeness (QED) is 0.522. The number of furan rings is 1. The van der Waals surface area contributed by atoms with Crippen molar-refractivity contribution < 1.29 is 13.9 Å². The van der Waals surface area contributed by atoms with Gasteiger partial charge in [-0.05, 0) is 38.1 Å². The number of benzene rings is 2. The Kier molecular flexibility index (Phi) is 6.11. The maximum Gasteiger partial charge on any atom is 0.252 e. The lowest BCUT2D eigenvalue weighted by molar-refractivity contribution is 0.0932. The molecule has 3 aromatic rings. The second-order valence-corrected chi connectivity index (χ2v) is 8.23. The summed E-state index contributed by atoms with van der Waals surface area (Å²) < 4.78 is 11.6. The van der Waals surface area contributed by atoms with Gasteiger partial charge in [0.25, 0.3) is 5.91 Å². The Morgan fingerprint density at radius 3 is 2.67 bits per heavy atom. The van der Waals surface area contributed by atoms with Gasteiger partial charge < -0.3 is 14.5 Å². The molecule has 4 nitrogen and oxygen atoms in total. The van der Waals surface area contributed by atoms with Gasteiger partial charge in [0.05, 0.1) is 18.2 Å². The van der Waals surface area contributed by atoms with Gasteiger partial charge in [-0.25, -0.2) is 0 Å². The van der Waals surface area contributed by atoms with Crippen LogP contribution in [0.15, 0.2) is 57.8 Å².